The second-order valence-corrected chi connectivity index (χ2v) is 14.5. The summed E-state index contributed by atoms with van der Waals surface area (Å²) >= 11 is 6.00. The summed E-state index contributed by atoms with van der Waals surface area (Å²) in [6.07, 6.45) is 10.9. The van der Waals surface area contributed by atoms with Crippen molar-refractivity contribution in [2.24, 2.45) is 22.9 Å². The average molecular weight is 765 g/mol. The molecule has 0 aromatic heterocycles. The number of halogens is 1. The van der Waals surface area contributed by atoms with E-state index in [1.165, 1.54) is 0 Å². The number of hydrogen-bond acceptors (Lipinski definition) is 9. The second kappa shape index (κ2) is 20.7. The predicted molar refractivity (Wildman–Crippen MR) is 211 cm³/mol. The molecule has 2 aliphatic carbocycles. The van der Waals surface area contributed by atoms with Crippen molar-refractivity contribution in [2.75, 3.05) is 45.5 Å². The maximum Gasteiger partial charge on any atom is 0.410 e. The number of ether oxygens (including phenoxy) is 4. The largest absolute Gasteiger partial charge is 0.490 e. The number of allylic oxidation sites excluding steroid dienone is 1. The highest BCUT2D eigenvalue weighted by molar-refractivity contribution is 6.18. The van der Waals surface area contributed by atoms with E-state index in [9.17, 15) is 15.0 Å². The third kappa shape index (κ3) is 9.51. The number of carbonyl (C=O) groups is 1. The molecular weight excluding hydrogens is 708 g/mol. The molecule has 294 valence electrons. The first-order valence-corrected chi connectivity index (χ1v) is 20.0. The standard InChI is InChI=1S/C43H57ClN2O8/c1-4-21-46(42(49)51-26-20-44)39-29-37(45-53-30-31-14-8-7-9-15-31)35-27-32(16-10-12-22-47)34(17-11-13-23-48)40-36-28-33(50-24-5-2)18-19-38(36)54-43(39,41(35)40)52-25-6-3/h5-9,14-15,18-19,27-28,32,34,39-41,47-48H,2-4,10-13,16-17,20-26,29-30H2,1H3. The summed E-state index contributed by atoms with van der Waals surface area (Å²) in [7, 11) is 0. The summed E-state index contributed by atoms with van der Waals surface area (Å²) in [5.74, 6) is -0.211. The van der Waals surface area contributed by atoms with Gasteiger partial charge >= 0.3 is 6.09 Å². The minimum atomic E-state index is -1.36. The van der Waals surface area contributed by atoms with Gasteiger partial charge in [0.15, 0.2) is 0 Å². The van der Waals surface area contributed by atoms with Gasteiger partial charge in [-0.3, -0.25) is 4.90 Å². The van der Waals surface area contributed by atoms with Gasteiger partial charge in [-0.2, -0.15) is 0 Å². The highest BCUT2D eigenvalue weighted by Crippen LogP contribution is 2.62. The van der Waals surface area contributed by atoms with Gasteiger partial charge in [0.05, 0.1) is 24.1 Å². The fraction of sp³-hybridized carbons (Fsp3) is 0.535. The third-order valence-electron chi connectivity index (χ3n) is 10.6. The van der Waals surface area contributed by atoms with Crippen LogP contribution in [0.15, 0.2) is 90.6 Å². The molecule has 1 aliphatic heterocycles. The van der Waals surface area contributed by atoms with Crippen LogP contribution in [0, 0.1) is 17.8 Å². The lowest BCUT2D eigenvalue weighted by atomic mass is 9.55. The van der Waals surface area contributed by atoms with Crippen LogP contribution in [-0.2, 0) is 20.9 Å². The van der Waals surface area contributed by atoms with E-state index in [4.69, 9.17) is 40.5 Å². The van der Waals surface area contributed by atoms with E-state index in [0.717, 1.165) is 48.1 Å². The third-order valence-corrected chi connectivity index (χ3v) is 10.8. The monoisotopic (exact) mass is 764 g/mol. The molecule has 2 aromatic carbocycles. The van der Waals surface area contributed by atoms with Crippen molar-refractivity contribution in [2.45, 2.75) is 82.6 Å². The number of amides is 1. The molecule has 0 saturated heterocycles. The zero-order valence-electron chi connectivity index (χ0n) is 31.6. The molecule has 0 radical (unpaired) electrons. The van der Waals surface area contributed by atoms with Crippen LogP contribution in [-0.4, -0.2) is 84.2 Å². The van der Waals surface area contributed by atoms with Crippen molar-refractivity contribution in [3.8, 4) is 11.5 Å². The SMILES string of the molecule is C=CCOc1ccc2c(c1)C1C(CCCCO)C(CCCCO)C=C3C(=NOCc4ccccc4)CC(N(CCC)C(=O)OCCCl)C(OCC=C)(O2)C31. The molecule has 0 bridgehead atoms. The molecule has 54 heavy (non-hydrogen) atoms. The summed E-state index contributed by atoms with van der Waals surface area (Å²) in [5, 5.41) is 24.5. The van der Waals surface area contributed by atoms with Crippen LogP contribution in [0.25, 0.3) is 0 Å². The van der Waals surface area contributed by atoms with E-state index in [1.54, 1.807) is 17.1 Å². The molecule has 2 N–H and O–H groups in total. The van der Waals surface area contributed by atoms with Crippen molar-refractivity contribution in [3.63, 3.8) is 0 Å². The lowest BCUT2D eigenvalue weighted by Gasteiger charge is -2.59. The van der Waals surface area contributed by atoms with Gasteiger partial charge in [-0.05, 0) is 73.3 Å². The lowest BCUT2D eigenvalue weighted by molar-refractivity contribution is -0.255. The number of benzene rings is 2. The molecule has 1 fully saturated rings. The molecular formula is C43H57ClN2O8. The Morgan fingerprint density at radius 2 is 1.81 bits per heavy atom. The maximum absolute atomic E-state index is 14.0. The van der Waals surface area contributed by atoms with E-state index in [-0.39, 0.29) is 63.1 Å². The van der Waals surface area contributed by atoms with E-state index in [2.05, 4.69) is 25.3 Å². The molecule has 1 heterocycles. The predicted octanol–water partition coefficient (Wildman–Crippen LogP) is 8.17. The smallest absolute Gasteiger partial charge is 0.410 e. The summed E-state index contributed by atoms with van der Waals surface area (Å²) in [5.41, 5.74) is 3.66. The Bertz CT molecular complexity index is 1580. The Hall–Kier alpha value is -3.83. The quantitative estimate of drug-likeness (QED) is 0.0534. The van der Waals surface area contributed by atoms with Gasteiger partial charge in [-0.25, -0.2) is 4.79 Å². The average Bonchev–Trinajstić information content (AvgIpc) is 3.19. The van der Waals surface area contributed by atoms with Crippen LogP contribution < -0.4 is 9.47 Å². The molecule has 2 aromatic rings. The topological polar surface area (TPSA) is 119 Å². The number of fused-ring (bicyclic) bond motifs is 2. The van der Waals surface area contributed by atoms with Gasteiger partial charge < -0.3 is 34.0 Å². The van der Waals surface area contributed by atoms with Crippen LogP contribution in [0.5, 0.6) is 11.5 Å². The number of aliphatic hydroxyl groups excluding tert-OH is 2. The normalized spacial score (nSPS) is 24.7. The second-order valence-electron chi connectivity index (χ2n) is 14.1. The van der Waals surface area contributed by atoms with Crippen LogP contribution in [0.3, 0.4) is 0 Å². The van der Waals surface area contributed by atoms with Crippen molar-refractivity contribution >= 4 is 23.4 Å². The number of carbonyl (C=O) groups excluding carboxylic acids is 1. The molecule has 3 aliphatic rings. The number of aliphatic hydroxyl groups is 2. The molecule has 10 nitrogen and oxygen atoms in total. The van der Waals surface area contributed by atoms with Crippen molar-refractivity contribution in [1.29, 1.82) is 0 Å². The highest BCUT2D eigenvalue weighted by atomic mass is 35.5. The lowest BCUT2D eigenvalue weighted by Crippen LogP contribution is -2.70. The van der Waals surface area contributed by atoms with E-state index < -0.39 is 23.8 Å². The summed E-state index contributed by atoms with van der Waals surface area (Å²) < 4.78 is 26.0. The Balaban J connectivity index is 1.76. The molecule has 6 unspecified atom stereocenters. The Kier molecular flexibility index (Phi) is 15.9. The molecule has 5 rings (SSSR count). The Morgan fingerprint density at radius 3 is 2.52 bits per heavy atom. The van der Waals surface area contributed by atoms with Gasteiger partial charge in [-0.15, -0.1) is 18.2 Å². The van der Waals surface area contributed by atoms with Gasteiger partial charge in [-0.1, -0.05) is 80.1 Å². The molecule has 0 spiro atoms. The molecule has 1 saturated carbocycles. The Morgan fingerprint density at radius 1 is 1.06 bits per heavy atom. The van der Waals surface area contributed by atoms with Crippen molar-refractivity contribution in [1.82, 2.24) is 4.90 Å². The van der Waals surface area contributed by atoms with E-state index >= 15 is 0 Å². The van der Waals surface area contributed by atoms with Crippen LogP contribution in [0.2, 0.25) is 0 Å². The van der Waals surface area contributed by atoms with Crippen molar-refractivity contribution in [3.05, 3.63) is 96.6 Å². The first kappa shape index (κ1) is 41.3. The summed E-state index contributed by atoms with van der Waals surface area (Å²) in [6.45, 7) is 11.3. The van der Waals surface area contributed by atoms with Crippen LogP contribution >= 0.6 is 11.6 Å². The summed E-state index contributed by atoms with van der Waals surface area (Å²) in [4.78, 5) is 21.9. The fourth-order valence-corrected chi connectivity index (χ4v) is 8.55. The van der Waals surface area contributed by atoms with Gasteiger partial charge in [0, 0.05) is 37.7 Å². The molecule has 11 heteroatoms. The highest BCUT2D eigenvalue weighted by Gasteiger charge is 2.65. The minimum absolute atomic E-state index is 0.0613. The molecule has 1 amide bonds. The number of nitrogens with zero attached hydrogens (tertiary/aromatic N) is 2. The van der Waals surface area contributed by atoms with Crippen molar-refractivity contribution < 1.29 is 38.8 Å². The zero-order chi connectivity index (χ0) is 38.3. The fourth-order valence-electron chi connectivity index (χ4n) is 8.48. The van der Waals surface area contributed by atoms with Crippen LogP contribution in [0.1, 0.15) is 75.3 Å². The summed E-state index contributed by atoms with van der Waals surface area (Å²) in [6, 6.07) is 15.1. The number of oxime groups is 1. The zero-order valence-corrected chi connectivity index (χ0v) is 32.3. The van der Waals surface area contributed by atoms with Gasteiger partial charge in [0.2, 0.25) is 5.79 Å². The first-order valence-electron chi connectivity index (χ1n) is 19.4. The first-order chi connectivity index (χ1) is 26.5. The Labute approximate surface area is 325 Å². The number of alkyl halides is 1. The maximum atomic E-state index is 14.0. The minimum Gasteiger partial charge on any atom is -0.490 e. The van der Waals surface area contributed by atoms with E-state index in [1.807, 2.05) is 49.4 Å². The number of rotatable bonds is 22. The number of unbranched alkanes of at least 4 members (excludes halogenated alkanes) is 2. The van der Waals surface area contributed by atoms with Gasteiger partial charge in [0.25, 0.3) is 0 Å². The van der Waals surface area contributed by atoms with E-state index in [0.29, 0.717) is 43.9 Å². The van der Waals surface area contributed by atoms with Crippen LogP contribution in [0.4, 0.5) is 4.79 Å². The number of hydrogen-bond donors (Lipinski definition) is 2. The van der Waals surface area contributed by atoms with Gasteiger partial charge in [0.1, 0.15) is 37.4 Å². The molecule has 6 atom stereocenters.